The van der Waals surface area contributed by atoms with E-state index in [1.165, 1.54) is 11.1 Å². The van der Waals surface area contributed by atoms with Gasteiger partial charge in [0.15, 0.2) is 0 Å². The maximum Gasteiger partial charge on any atom is 0.125 e. The number of alkyl halides is 1. The molecule has 0 radical (unpaired) electrons. The lowest BCUT2D eigenvalue weighted by Gasteiger charge is -2.17. The van der Waals surface area contributed by atoms with Gasteiger partial charge in [-0.25, -0.2) is 0 Å². The van der Waals surface area contributed by atoms with Crippen LogP contribution in [0, 0.1) is 13.8 Å². The summed E-state index contributed by atoms with van der Waals surface area (Å²) >= 11 is 5.82. The van der Waals surface area contributed by atoms with Crippen LogP contribution in [0.2, 0.25) is 0 Å². The minimum Gasteiger partial charge on any atom is -0.490 e. The molecule has 0 saturated heterocycles. The van der Waals surface area contributed by atoms with Crippen LogP contribution in [0.3, 0.4) is 0 Å². The molecule has 0 saturated carbocycles. The van der Waals surface area contributed by atoms with E-state index in [2.05, 4.69) is 39.8 Å². The quantitative estimate of drug-likeness (QED) is 0.699. The van der Waals surface area contributed by atoms with E-state index in [1.807, 2.05) is 0 Å². The minimum absolute atomic E-state index is 0.268. The largest absolute Gasteiger partial charge is 0.490 e. The molecule has 0 amide bonds. The lowest BCUT2D eigenvalue weighted by Crippen LogP contribution is -2.11. The van der Waals surface area contributed by atoms with E-state index in [1.54, 1.807) is 0 Å². The van der Waals surface area contributed by atoms with E-state index in [9.17, 15) is 0 Å². The van der Waals surface area contributed by atoms with Gasteiger partial charge in [-0.05, 0) is 43.9 Å². The van der Waals surface area contributed by atoms with Crippen molar-refractivity contribution >= 4 is 11.6 Å². The first-order valence-corrected chi connectivity index (χ1v) is 5.94. The summed E-state index contributed by atoms with van der Waals surface area (Å²) in [5.41, 5.74) is 3.50. The van der Waals surface area contributed by atoms with Gasteiger partial charge in [-0.3, -0.25) is 0 Å². The second-order valence-electron chi connectivity index (χ2n) is 4.03. The first-order chi connectivity index (χ1) is 7.08. The topological polar surface area (TPSA) is 9.23 Å². The fourth-order valence-corrected chi connectivity index (χ4v) is 1.74. The summed E-state index contributed by atoms with van der Waals surface area (Å²) in [6.45, 7) is 8.36. The fraction of sp³-hybridized carbons (Fsp3) is 0.538. The Morgan fingerprint density at radius 3 is 2.20 bits per heavy atom. The van der Waals surface area contributed by atoms with Crippen LogP contribution in [0.4, 0.5) is 0 Å². The second kappa shape index (κ2) is 5.41. The van der Waals surface area contributed by atoms with Crippen molar-refractivity contribution in [3.8, 4) is 5.75 Å². The van der Waals surface area contributed by atoms with Crippen molar-refractivity contribution in [2.45, 2.75) is 46.1 Å². The fourth-order valence-electron chi connectivity index (χ4n) is 1.59. The molecule has 1 unspecified atom stereocenters. The van der Waals surface area contributed by atoms with Crippen LogP contribution in [0.25, 0.3) is 0 Å². The Morgan fingerprint density at radius 2 is 1.80 bits per heavy atom. The Balaban J connectivity index is 2.98. The number of halogens is 1. The molecule has 1 nitrogen and oxygen atoms in total. The number of hydrogen-bond donors (Lipinski definition) is 0. The molecule has 0 N–H and O–H groups in total. The van der Waals surface area contributed by atoms with Crippen molar-refractivity contribution in [3.63, 3.8) is 0 Å². The molecule has 0 aromatic heterocycles. The molecular weight excluding hydrogens is 208 g/mol. The van der Waals surface area contributed by atoms with Gasteiger partial charge in [-0.15, -0.1) is 11.6 Å². The molecular formula is C13H19ClO. The van der Waals surface area contributed by atoms with Gasteiger partial charge in [0, 0.05) is 5.88 Å². The van der Waals surface area contributed by atoms with Crippen LogP contribution in [0.5, 0.6) is 5.75 Å². The summed E-state index contributed by atoms with van der Waals surface area (Å²) in [4.78, 5) is 0. The molecule has 0 fully saturated rings. The maximum atomic E-state index is 5.88. The summed E-state index contributed by atoms with van der Waals surface area (Å²) in [6, 6.07) is 4.19. The summed E-state index contributed by atoms with van der Waals surface area (Å²) in [6.07, 6.45) is 1.29. The summed E-state index contributed by atoms with van der Waals surface area (Å²) in [7, 11) is 0. The van der Waals surface area contributed by atoms with Gasteiger partial charge in [-0.2, -0.15) is 0 Å². The molecule has 0 bridgehead atoms. The second-order valence-corrected chi connectivity index (χ2v) is 4.30. The Morgan fingerprint density at radius 1 is 1.27 bits per heavy atom. The predicted octanol–water partition coefficient (Wildman–Crippen LogP) is 4.22. The van der Waals surface area contributed by atoms with Gasteiger partial charge in [0.25, 0.3) is 0 Å². The van der Waals surface area contributed by atoms with Crippen molar-refractivity contribution in [1.29, 1.82) is 0 Å². The van der Waals surface area contributed by atoms with E-state index in [0.717, 1.165) is 17.7 Å². The van der Waals surface area contributed by atoms with Gasteiger partial charge >= 0.3 is 0 Å². The molecule has 0 heterocycles. The summed E-state index contributed by atoms with van der Waals surface area (Å²) < 4.78 is 5.88. The zero-order valence-electron chi connectivity index (χ0n) is 9.93. The normalized spacial score (nSPS) is 12.6. The molecule has 0 aliphatic rings. The molecule has 1 atom stereocenters. The third-order valence-electron chi connectivity index (χ3n) is 2.57. The highest BCUT2D eigenvalue weighted by atomic mass is 35.5. The standard InChI is InChI=1S/C13H19ClO/c1-5-11(4)15-13-9(2)6-12(8-14)7-10(13)3/h6-7,11H,5,8H2,1-4H3. The Hall–Kier alpha value is -0.690. The van der Waals surface area contributed by atoms with E-state index in [4.69, 9.17) is 16.3 Å². The highest BCUT2D eigenvalue weighted by molar-refractivity contribution is 6.17. The first kappa shape index (κ1) is 12.4. The lowest BCUT2D eigenvalue weighted by molar-refractivity contribution is 0.214. The monoisotopic (exact) mass is 226 g/mol. The maximum absolute atomic E-state index is 5.88. The molecule has 0 spiro atoms. The summed E-state index contributed by atoms with van der Waals surface area (Å²) in [5.74, 6) is 1.57. The Kier molecular flexibility index (Phi) is 4.46. The van der Waals surface area contributed by atoms with Crippen molar-refractivity contribution in [2.75, 3.05) is 0 Å². The molecule has 15 heavy (non-hydrogen) atoms. The molecule has 84 valence electrons. The molecule has 2 heteroatoms. The molecule has 1 rings (SSSR count). The number of hydrogen-bond acceptors (Lipinski definition) is 1. The Bertz CT molecular complexity index is 310. The number of aryl methyl sites for hydroxylation is 2. The van der Waals surface area contributed by atoms with Crippen molar-refractivity contribution in [1.82, 2.24) is 0 Å². The number of benzene rings is 1. The highest BCUT2D eigenvalue weighted by Gasteiger charge is 2.08. The smallest absolute Gasteiger partial charge is 0.125 e. The minimum atomic E-state index is 0.268. The molecule has 1 aromatic carbocycles. The lowest BCUT2D eigenvalue weighted by atomic mass is 10.1. The average Bonchev–Trinajstić information content (AvgIpc) is 2.22. The van der Waals surface area contributed by atoms with Crippen molar-refractivity contribution < 1.29 is 4.74 Å². The predicted molar refractivity (Wildman–Crippen MR) is 65.9 cm³/mol. The van der Waals surface area contributed by atoms with E-state index in [0.29, 0.717) is 5.88 Å². The van der Waals surface area contributed by atoms with Gasteiger partial charge in [0.1, 0.15) is 5.75 Å². The van der Waals surface area contributed by atoms with Crippen LogP contribution in [0.1, 0.15) is 37.0 Å². The van der Waals surface area contributed by atoms with Crippen molar-refractivity contribution in [3.05, 3.63) is 28.8 Å². The van der Waals surface area contributed by atoms with Gasteiger partial charge in [-0.1, -0.05) is 19.1 Å². The van der Waals surface area contributed by atoms with Crippen LogP contribution in [-0.4, -0.2) is 6.10 Å². The Labute approximate surface area is 97.4 Å². The zero-order valence-corrected chi connectivity index (χ0v) is 10.7. The molecule has 0 aliphatic heterocycles. The first-order valence-electron chi connectivity index (χ1n) is 5.41. The van der Waals surface area contributed by atoms with Crippen LogP contribution < -0.4 is 4.74 Å². The van der Waals surface area contributed by atoms with Crippen molar-refractivity contribution in [2.24, 2.45) is 0 Å². The summed E-state index contributed by atoms with van der Waals surface area (Å²) in [5, 5.41) is 0. The highest BCUT2D eigenvalue weighted by Crippen LogP contribution is 2.26. The van der Waals surface area contributed by atoms with E-state index in [-0.39, 0.29) is 6.10 Å². The molecule has 1 aromatic rings. The third kappa shape index (κ3) is 3.13. The van der Waals surface area contributed by atoms with Crippen LogP contribution in [0.15, 0.2) is 12.1 Å². The van der Waals surface area contributed by atoms with Crippen LogP contribution in [-0.2, 0) is 5.88 Å². The SMILES string of the molecule is CCC(C)Oc1c(C)cc(CCl)cc1C. The van der Waals surface area contributed by atoms with Gasteiger partial charge < -0.3 is 4.74 Å². The third-order valence-corrected chi connectivity index (χ3v) is 2.88. The molecule has 0 aliphatic carbocycles. The number of rotatable bonds is 4. The van der Waals surface area contributed by atoms with E-state index < -0.39 is 0 Å². The van der Waals surface area contributed by atoms with Gasteiger partial charge in [0.05, 0.1) is 6.10 Å². The number of ether oxygens (including phenoxy) is 1. The van der Waals surface area contributed by atoms with Gasteiger partial charge in [0.2, 0.25) is 0 Å². The van der Waals surface area contributed by atoms with Crippen LogP contribution >= 0.6 is 11.6 Å². The zero-order chi connectivity index (χ0) is 11.4. The average molecular weight is 227 g/mol. The van der Waals surface area contributed by atoms with E-state index >= 15 is 0 Å².